The summed E-state index contributed by atoms with van der Waals surface area (Å²) in [6.45, 7) is 0. The molecule has 0 aromatic heterocycles. The molecule has 0 aliphatic carbocycles. The molecule has 5 aromatic carbocycles. The van der Waals surface area contributed by atoms with Crippen molar-refractivity contribution >= 4 is 71.1 Å². The molecule has 0 aliphatic heterocycles. The fourth-order valence-corrected chi connectivity index (χ4v) is 6.24. The van der Waals surface area contributed by atoms with E-state index in [0.29, 0.717) is 17.1 Å². The number of nitrogen functional groups attached to an aromatic ring is 1. The third-order valence-corrected chi connectivity index (χ3v) is 9.32. The Morgan fingerprint density at radius 1 is 0.800 bits per heavy atom. The van der Waals surface area contributed by atoms with Crippen LogP contribution in [-0.4, -0.2) is 39.6 Å². The van der Waals surface area contributed by atoms with Gasteiger partial charge in [-0.1, -0.05) is 36.4 Å². The molecule has 13 nitrogen and oxygen atoms in total. The predicted molar refractivity (Wildman–Crippen MR) is 172 cm³/mol. The predicted octanol–water partition coefficient (Wildman–Crippen LogP) is 6.26. The molecule has 0 saturated heterocycles. The maximum Gasteiger partial charge on any atom is 0.323 e. The molecule has 0 spiro atoms. The zero-order valence-corrected chi connectivity index (χ0v) is 25.1. The Balaban J connectivity index is 1.41. The first-order valence-corrected chi connectivity index (χ1v) is 16.0. The van der Waals surface area contributed by atoms with Gasteiger partial charge < -0.3 is 21.5 Å². The fraction of sp³-hybridized carbons (Fsp3) is 0.0333. The highest BCUT2D eigenvalue weighted by Crippen LogP contribution is 2.41. The second-order valence-electron chi connectivity index (χ2n) is 9.65. The number of rotatable bonds is 8. The Morgan fingerprint density at radius 3 is 2.09 bits per heavy atom. The third kappa shape index (κ3) is 6.70. The number of nitrogens with zero attached hydrogens (tertiary/aromatic N) is 3. The van der Waals surface area contributed by atoms with E-state index in [1.54, 1.807) is 42.5 Å². The number of amides is 2. The summed E-state index contributed by atoms with van der Waals surface area (Å²) < 4.78 is 61.0. The number of azo groups is 1. The van der Waals surface area contributed by atoms with E-state index in [0.717, 1.165) is 16.4 Å². The highest BCUT2D eigenvalue weighted by molar-refractivity contribution is 7.93. The number of para-hydroxylation sites is 1. The first-order chi connectivity index (χ1) is 21.3. The Kier molecular flexibility index (Phi) is 8.41. The number of benzene rings is 5. The average Bonchev–Trinajstić information content (AvgIpc) is 3.00. The molecular weight excluding hydrogens is 620 g/mol. The number of fused-ring (bicyclic) bond motifs is 1. The van der Waals surface area contributed by atoms with Crippen LogP contribution in [0.1, 0.15) is 0 Å². The van der Waals surface area contributed by atoms with Crippen molar-refractivity contribution in [1.29, 1.82) is 0 Å². The molecule has 0 unspecified atom stereocenters. The van der Waals surface area contributed by atoms with Gasteiger partial charge in [-0.05, 0) is 66.0 Å². The molecule has 45 heavy (non-hydrogen) atoms. The largest absolute Gasteiger partial charge is 0.507 e. The maximum atomic E-state index is 13.7. The Bertz CT molecular complexity index is 2160. The third-order valence-electron chi connectivity index (χ3n) is 6.65. The number of carbonyl (C=O) groups excluding carboxylic acids is 1. The summed E-state index contributed by atoms with van der Waals surface area (Å²) in [5, 5.41) is 24.5. The number of phenols is 1. The van der Waals surface area contributed by atoms with E-state index < -0.39 is 36.8 Å². The van der Waals surface area contributed by atoms with Crippen molar-refractivity contribution in [2.75, 3.05) is 27.7 Å². The molecule has 0 radical (unpaired) electrons. The lowest BCUT2D eigenvalue weighted by Crippen LogP contribution is -2.26. The van der Waals surface area contributed by atoms with Gasteiger partial charge in [0.05, 0.1) is 21.7 Å². The second kappa shape index (κ2) is 12.2. The molecule has 0 saturated carbocycles. The minimum atomic E-state index is -4.61. The van der Waals surface area contributed by atoms with Crippen LogP contribution in [0.2, 0.25) is 0 Å². The van der Waals surface area contributed by atoms with Gasteiger partial charge in [-0.2, -0.15) is 8.42 Å². The van der Waals surface area contributed by atoms with Crippen molar-refractivity contribution in [2.24, 2.45) is 10.2 Å². The SMILES string of the molecule is CN(c1ccc(NC(=O)Nc2ccccc2)cc1)S(=O)(=O)c1ccccc1N=Nc1c(N)ccc2cc(S(=O)(=O)O)cc(O)c12. The number of sulfonamides is 1. The van der Waals surface area contributed by atoms with Gasteiger partial charge in [-0.25, -0.2) is 13.2 Å². The zero-order chi connectivity index (χ0) is 32.4. The summed E-state index contributed by atoms with van der Waals surface area (Å²) in [4.78, 5) is 11.6. The van der Waals surface area contributed by atoms with Crippen LogP contribution in [0.15, 0.2) is 123 Å². The normalized spacial score (nSPS) is 11.9. The number of nitrogens with two attached hydrogens (primary N) is 1. The second-order valence-corrected chi connectivity index (χ2v) is 13.0. The van der Waals surface area contributed by atoms with Crippen molar-refractivity contribution in [3.05, 3.63) is 103 Å². The monoisotopic (exact) mass is 646 g/mol. The van der Waals surface area contributed by atoms with Crippen LogP contribution in [0.3, 0.4) is 0 Å². The van der Waals surface area contributed by atoms with Crippen molar-refractivity contribution in [1.82, 2.24) is 0 Å². The summed E-state index contributed by atoms with van der Waals surface area (Å²) in [6.07, 6.45) is 0. The number of carbonyl (C=O) groups is 1. The highest BCUT2D eigenvalue weighted by atomic mass is 32.2. The lowest BCUT2D eigenvalue weighted by atomic mass is 10.1. The highest BCUT2D eigenvalue weighted by Gasteiger charge is 2.25. The van der Waals surface area contributed by atoms with E-state index in [2.05, 4.69) is 20.9 Å². The summed E-state index contributed by atoms with van der Waals surface area (Å²) in [7, 11) is -7.43. The molecular formula is C30H26N6O7S2. The minimum absolute atomic E-state index is 0.0353. The van der Waals surface area contributed by atoms with E-state index in [4.69, 9.17) is 5.73 Å². The molecule has 0 aliphatic rings. The number of nitrogens with one attached hydrogen (secondary N) is 2. The summed E-state index contributed by atoms with van der Waals surface area (Å²) in [5.74, 6) is -0.530. The van der Waals surface area contributed by atoms with Crippen LogP contribution in [0.25, 0.3) is 10.8 Å². The molecule has 0 heterocycles. The quantitative estimate of drug-likeness (QED) is 0.0737. The van der Waals surface area contributed by atoms with Gasteiger partial charge in [0.1, 0.15) is 22.0 Å². The van der Waals surface area contributed by atoms with E-state index >= 15 is 0 Å². The van der Waals surface area contributed by atoms with Crippen molar-refractivity contribution in [2.45, 2.75) is 9.79 Å². The topological polar surface area (TPSA) is 204 Å². The van der Waals surface area contributed by atoms with Crippen LogP contribution in [0, 0.1) is 0 Å². The van der Waals surface area contributed by atoms with E-state index in [9.17, 15) is 31.3 Å². The first kappa shape index (κ1) is 30.9. The molecule has 0 bridgehead atoms. The van der Waals surface area contributed by atoms with Gasteiger partial charge in [0.15, 0.2) is 0 Å². The van der Waals surface area contributed by atoms with Crippen LogP contribution in [0.4, 0.5) is 38.9 Å². The van der Waals surface area contributed by atoms with E-state index in [-0.39, 0.29) is 32.7 Å². The zero-order valence-electron chi connectivity index (χ0n) is 23.5. The van der Waals surface area contributed by atoms with Crippen LogP contribution >= 0.6 is 0 Å². The Hall–Kier alpha value is -5.51. The van der Waals surface area contributed by atoms with Crippen LogP contribution in [0.5, 0.6) is 5.75 Å². The molecule has 2 amide bonds. The summed E-state index contributed by atoms with van der Waals surface area (Å²) >= 11 is 0. The smallest absolute Gasteiger partial charge is 0.323 e. The van der Waals surface area contributed by atoms with Gasteiger partial charge in [0, 0.05) is 24.5 Å². The standard InChI is InChI=1S/C30H26N6O7S2/c1-36(22-14-12-21(13-15-22)33-30(38)32-20-7-3-2-4-8-20)44(39,40)27-10-6-5-9-25(27)34-35-29-24(31)16-11-19-17-23(45(41,42)43)18-26(37)28(19)29/h2-18,37H,31H2,1H3,(H2,32,33,38)(H,41,42,43). The Morgan fingerprint density at radius 2 is 1.42 bits per heavy atom. The lowest BCUT2D eigenvalue weighted by Gasteiger charge is -2.20. The molecule has 6 N–H and O–H groups in total. The number of anilines is 4. The Labute approximate surface area is 258 Å². The molecule has 15 heteroatoms. The van der Waals surface area contributed by atoms with Gasteiger partial charge in [-0.3, -0.25) is 8.86 Å². The number of phenolic OH excluding ortho intramolecular Hbond substituents is 1. The van der Waals surface area contributed by atoms with E-state index in [1.807, 2.05) is 6.07 Å². The molecule has 0 fully saturated rings. The van der Waals surface area contributed by atoms with Gasteiger partial charge >= 0.3 is 6.03 Å². The average molecular weight is 647 g/mol. The van der Waals surface area contributed by atoms with Crippen molar-refractivity contribution < 1.29 is 31.3 Å². The van der Waals surface area contributed by atoms with Crippen LogP contribution in [-0.2, 0) is 20.1 Å². The van der Waals surface area contributed by atoms with Gasteiger partial charge in [-0.15, -0.1) is 10.2 Å². The summed E-state index contributed by atoms with van der Waals surface area (Å²) in [5.41, 5.74) is 7.43. The fourth-order valence-electron chi connectivity index (χ4n) is 4.39. The van der Waals surface area contributed by atoms with Gasteiger partial charge in [0.25, 0.3) is 20.1 Å². The lowest BCUT2D eigenvalue weighted by molar-refractivity contribution is 0.262. The van der Waals surface area contributed by atoms with E-state index in [1.165, 1.54) is 49.5 Å². The molecule has 5 rings (SSSR count). The van der Waals surface area contributed by atoms with Crippen molar-refractivity contribution in [3.8, 4) is 5.75 Å². The molecule has 0 atom stereocenters. The number of hydrogen-bond acceptors (Lipinski definition) is 9. The first-order valence-electron chi connectivity index (χ1n) is 13.1. The number of urea groups is 1. The molecule has 230 valence electrons. The van der Waals surface area contributed by atoms with Crippen molar-refractivity contribution in [3.63, 3.8) is 0 Å². The number of hydrogen-bond donors (Lipinski definition) is 5. The summed E-state index contributed by atoms with van der Waals surface area (Å²) in [6, 6.07) is 25.3. The van der Waals surface area contributed by atoms with Gasteiger partial charge in [0.2, 0.25) is 0 Å². The molecule has 5 aromatic rings. The maximum absolute atomic E-state index is 13.7. The minimum Gasteiger partial charge on any atom is -0.507 e. The number of aromatic hydroxyl groups is 1. The van der Waals surface area contributed by atoms with Crippen LogP contribution < -0.4 is 20.7 Å².